The molecule has 6 heteroatoms. The van der Waals surface area contributed by atoms with Gasteiger partial charge in [0.2, 0.25) is 5.91 Å². The van der Waals surface area contributed by atoms with Gasteiger partial charge in [0.15, 0.2) is 0 Å². The zero-order valence-corrected chi connectivity index (χ0v) is 12.6. The van der Waals surface area contributed by atoms with Crippen LogP contribution in [0.15, 0.2) is 12.2 Å². The number of hydrogen-bond donors (Lipinski definition) is 1. The fourth-order valence-corrected chi connectivity index (χ4v) is 3.50. The number of nitrogens with one attached hydrogen (secondary N) is 1. The second-order valence-electron chi connectivity index (χ2n) is 4.60. The van der Waals surface area contributed by atoms with E-state index >= 15 is 0 Å². The Hall–Kier alpha value is -2.13. The molecule has 0 unspecified atom stereocenters. The zero-order chi connectivity index (χ0) is 15.2. The largest absolute Gasteiger partial charge is 0.463 e. The van der Waals surface area contributed by atoms with Crippen molar-refractivity contribution < 1.29 is 14.3 Å². The van der Waals surface area contributed by atoms with E-state index in [0.29, 0.717) is 10.6 Å². The number of thiophene rings is 1. The van der Waals surface area contributed by atoms with Gasteiger partial charge in [-0.2, -0.15) is 5.26 Å². The van der Waals surface area contributed by atoms with Crippen LogP contribution in [0.2, 0.25) is 0 Å². The maximum absolute atomic E-state index is 11.8. The van der Waals surface area contributed by atoms with E-state index in [0.717, 1.165) is 43.4 Å². The Bertz CT molecular complexity index is 626. The number of fused-ring (bicyclic) bond motifs is 1. The van der Waals surface area contributed by atoms with Crippen molar-refractivity contribution in [1.29, 1.82) is 5.26 Å². The van der Waals surface area contributed by atoms with Crippen molar-refractivity contribution in [2.24, 2.45) is 0 Å². The number of nitrogens with zero attached hydrogens (tertiary/aromatic N) is 1. The Morgan fingerprint density at radius 3 is 2.86 bits per heavy atom. The number of anilines is 1. The molecule has 0 bridgehead atoms. The lowest BCUT2D eigenvalue weighted by atomic mass is 9.96. The van der Waals surface area contributed by atoms with Crippen LogP contribution in [0.25, 0.3) is 0 Å². The second-order valence-corrected chi connectivity index (χ2v) is 5.71. The van der Waals surface area contributed by atoms with Crippen LogP contribution in [-0.2, 0) is 27.2 Å². The van der Waals surface area contributed by atoms with E-state index in [2.05, 4.69) is 11.4 Å². The molecule has 0 aromatic carbocycles. The van der Waals surface area contributed by atoms with E-state index in [4.69, 9.17) is 4.74 Å². The highest BCUT2D eigenvalue weighted by molar-refractivity contribution is 7.16. The number of rotatable bonds is 4. The fourth-order valence-electron chi connectivity index (χ4n) is 2.26. The van der Waals surface area contributed by atoms with E-state index in [-0.39, 0.29) is 6.61 Å². The molecule has 1 amide bonds. The van der Waals surface area contributed by atoms with E-state index in [1.807, 2.05) is 0 Å². The second kappa shape index (κ2) is 7.04. The topological polar surface area (TPSA) is 79.2 Å². The lowest BCUT2D eigenvalue weighted by Crippen LogP contribution is -2.09. The molecule has 1 N–H and O–H groups in total. The van der Waals surface area contributed by atoms with Crippen LogP contribution in [0.1, 0.15) is 35.8 Å². The first-order chi connectivity index (χ1) is 10.2. The molecule has 110 valence electrons. The zero-order valence-electron chi connectivity index (χ0n) is 11.8. The van der Waals surface area contributed by atoms with Gasteiger partial charge < -0.3 is 10.1 Å². The lowest BCUT2D eigenvalue weighted by Gasteiger charge is -2.09. The summed E-state index contributed by atoms with van der Waals surface area (Å²) in [5.41, 5.74) is 1.63. The molecule has 1 aromatic heterocycles. The van der Waals surface area contributed by atoms with Crippen LogP contribution in [-0.4, -0.2) is 18.5 Å². The van der Waals surface area contributed by atoms with Gasteiger partial charge >= 0.3 is 5.97 Å². The first-order valence-corrected chi connectivity index (χ1v) is 7.67. The van der Waals surface area contributed by atoms with Gasteiger partial charge in [0.25, 0.3) is 0 Å². The van der Waals surface area contributed by atoms with Gasteiger partial charge in [-0.3, -0.25) is 4.79 Å². The molecule has 0 fully saturated rings. The predicted octanol–water partition coefficient (Wildman–Crippen LogP) is 2.56. The lowest BCUT2D eigenvalue weighted by molar-refractivity contribution is -0.137. The number of nitriles is 1. The minimum absolute atomic E-state index is 0.265. The highest BCUT2D eigenvalue weighted by atomic mass is 32.1. The monoisotopic (exact) mass is 304 g/mol. The van der Waals surface area contributed by atoms with Crippen molar-refractivity contribution in [2.45, 2.75) is 32.6 Å². The predicted molar refractivity (Wildman–Crippen MR) is 80.1 cm³/mol. The third-order valence-corrected chi connectivity index (χ3v) is 4.38. The first kappa shape index (κ1) is 15.3. The maximum Gasteiger partial charge on any atom is 0.330 e. The minimum Gasteiger partial charge on any atom is -0.463 e. The van der Waals surface area contributed by atoms with E-state index in [1.165, 1.54) is 16.2 Å². The Morgan fingerprint density at radius 2 is 2.14 bits per heavy atom. The van der Waals surface area contributed by atoms with Crippen molar-refractivity contribution >= 4 is 28.2 Å². The van der Waals surface area contributed by atoms with Crippen LogP contribution in [0.4, 0.5) is 5.00 Å². The summed E-state index contributed by atoms with van der Waals surface area (Å²) in [6, 6.07) is 2.17. The first-order valence-electron chi connectivity index (χ1n) is 6.86. The van der Waals surface area contributed by atoms with Gasteiger partial charge in [0.05, 0.1) is 12.2 Å². The highest BCUT2D eigenvalue weighted by Crippen LogP contribution is 2.37. The normalized spacial score (nSPS) is 13.5. The molecule has 1 heterocycles. The molecule has 1 aromatic rings. The average molecular weight is 304 g/mol. The summed E-state index contributed by atoms with van der Waals surface area (Å²) in [6.45, 7) is 1.96. The number of carbonyl (C=O) groups is 2. The van der Waals surface area contributed by atoms with Crippen LogP contribution in [0, 0.1) is 11.3 Å². The van der Waals surface area contributed by atoms with Crippen LogP contribution in [0.3, 0.4) is 0 Å². The standard InChI is InChI=1S/C15H16N2O3S/c1-2-20-14(19)8-7-13(18)17-15-11(9-16)10-5-3-4-6-12(10)21-15/h7-8H,2-6H2,1H3,(H,17,18)/b8-7+. The molecule has 5 nitrogen and oxygen atoms in total. The van der Waals surface area contributed by atoms with Crippen molar-refractivity contribution in [3.8, 4) is 6.07 Å². The van der Waals surface area contributed by atoms with Crippen molar-refractivity contribution in [3.05, 3.63) is 28.2 Å². The molecule has 0 saturated carbocycles. The third kappa shape index (κ3) is 3.70. The molecule has 1 aliphatic rings. The molecule has 0 saturated heterocycles. The summed E-state index contributed by atoms with van der Waals surface area (Å²) >= 11 is 1.45. The number of amides is 1. The summed E-state index contributed by atoms with van der Waals surface area (Å²) in [6.07, 6.45) is 6.26. The molecule has 0 spiro atoms. The smallest absolute Gasteiger partial charge is 0.330 e. The van der Waals surface area contributed by atoms with E-state index in [1.54, 1.807) is 6.92 Å². The summed E-state index contributed by atoms with van der Waals surface area (Å²) in [5.74, 6) is -0.989. The van der Waals surface area contributed by atoms with Gasteiger partial charge in [-0.15, -0.1) is 11.3 Å². The molecule has 2 rings (SSSR count). The molecular weight excluding hydrogens is 288 g/mol. The summed E-state index contributed by atoms with van der Waals surface area (Å²) in [5, 5.41) is 12.5. The summed E-state index contributed by atoms with van der Waals surface area (Å²) in [4.78, 5) is 24.1. The van der Waals surface area contributed by atoms with Gasteiger partial charge in [-0.05, 0) is 38.2 Å². The van der Waals surface area contributed by atoms with Crippen LogP contribution < -0.4 is 5.32 Å². The summed E-state index contributed by atoms with van der Waals surface area (Å²) < 4.78 is 4.70. The molecule has 0 radical (unpaired) electrons. The Kier molecular flexibility index (Phi) is 5.12. The Balaban J connectivity index is 2.09. The highest BCUT2D eigenvalue weighted by Gasteiger charge is 2.21. The average Bonchev–Trinajstić information content (AvgIpc) is 2.82. The summed E-state index contributed by atoms with van der Waals surface area (Å²) in [7, 11) is 0. The third-order valence-electron chi connectivity index (χ3n) is 3.18. The van der Waals surface area contributed by atoms with Gasteiger partial charge in [0.1, 0.15) is 11.1 Å². The van der Waals surface area contributed by atoms with E-state index in [9.17, 15) is 14.9 Å². The van der Waals surface area contributed by atoms with Gasteiger partial charge in [-0.1, -0.05) is 0 Å². The molecule has 0 aliphatic heterocycles. The van der Waals surface area contributed by atoms with Crippen molar-refractivity contribution in [3.63, 3.8) is 0 Å². The molecular formula is C15H16N2O3S. The number of ether oxygens (including phenoxy) is 1. The maximum atomic E-state index is 11.8. The van der Waals surface area contributed by atoms with Crippen LogP contribution >= 0.6 is 11.3 Å². The van der Waals surface area contributed by atoms with Crippen molar-refractivity contribution in [2.75, 3.05) is 11.9 Å². The SMILES string of the molecule is CCOC(=O)/C=C/C(=O)Nc1sc2c(c1C#N)CCCC2. The number of esters is 1. The van der Waals surface area contributed by atoms with Gasteiger partial charge in [-0.25, -0.2) is 4.79 Å². The van der Waals surface area contributed by atoms with E-state index < -0.39 is 11.9 Å². The molecule has 0 atom stereocenters. The van der Waals surface area contributed by atoms with Crippen LogP contribution in [0.5, 0.6) is 0 Å². The number of hydrogen-bond acceptors (Lipinski definition) is 5. The Morgan fingerprint density at radius 1 is 1.38 bits per heavy atom. The molecule has 1 aliphatic carbocycles. The minimum atomic E-state index is -0.557. The quantitative estimate of drug-likeness (QED) is 0.685. The Labute approximate surface area is 127 Å². The molecule has 21 heavy (non-hydrogen) atoms. The fraction of sp³-hybridized carbons (Fsp3) is 0.400. The van der Waals surface area contributed by atoms with Crippen molar-refractivity contribution in [1.82, 2.24) is 0 Å². The van der Waals surface area contributed by atoms with Gasteiger partial charge in [0, 0.05) is 17.0 Å². The number of aryl methyl sites for hydroxylation is 1. The number of carbonyl (C=O) groups excluding carboxylic acids is 2.